The van der Waals surface area contributed by atoms with E-state index in [-0.39, 0.29) is 17.9 Å². The topological polar surface area (TPSA) is 82.5 Å². The fourth-order valence-electron chi connectivity index (χ4n) is 5.36. The summed E-state index contributed by atoms with van der Waals surface area (Å²) >= 11 is 0. The second-order valence-electron chi connectivity index (χ2n) is 10.3. The number of fused-ring (bicyclic) bond motifs is 1. The van der Waals surface area contributed by atoms with Crippen molar-refractivity contribution in [1.29, 1.82) is 0 Å². The monoisotopic (exact) mass is 454 g/mol. The summed E-state index contributed by atoms with van der Waals surface area (Å²) in [4.78, 5) is 16.1. The number of aliphatic hydroxyl groups is 2. The van der Waals surface area contributed by atoms with Gasteiger partial charge < -0.3 is 15.5 Å². The molecular weight excluding hydrogens is 412 g/mol. The van der Waals surface area contributed by atoms with E-state index in [0.29, 0.717) is 31.2 Å². The summed E-state index contributed by atoms with van der Waals surface area (Å²) in [6.07, 6.45) is 18.9. The Bertz CT molecular complexity index is 803. The van der Waals surface area contributed by atoms with Crippen LogP contribution in [-0.4, -0.2) is 32.8 Å². The number of allylic oxidation sites excluding steroid dienone is 2. The van der Waals surface area contributed by atoms with Crippen LogP contribution in [0.2, 0.25) is 0 Å². The van der Waals surface area contributed by atoms with Gasteiger partial charge in [0.1, 0.15) is 0 Å². The maximum Gasteiger partial charge on any atom is 0.220 e. The average molecular weight is 455 g/mol. The number of unbranched alkanes of at least 4 members (excludes halogenated alkanes) is 2. The summed E-state index contributed by atoms with van der Waals surface area (Å²) in [5.74, 6) is 1.24. The van der Waals surface area contributed by atoms with Gasteiger partial charge in [-0.1, -0.05) is 43.6 Å². The van der Waals surface area contributed by atoms with Gasteiger partial charge in [-0.3, -0.25) is 9.78 Å². The molecule has 1 aromatic heterocycles. The van der Waals surface area contributed by atoms with E-state index in [9.17, 15) is 15.0 Å². The molecule has 3 N–H and O–H groups in total. The van der Waals surface area contributed by atoms with Gasteiger partial charge in [0.25, 0.3) is 0 Å². The van der Waals surface area contributed by atoms with Crippen molar-refractivity contribution in [2.75, 3.05) is 0 Å². The summed E-state index contributed by atoms with van der Waals surface area (Å²) in [6, 6.07) is 3.83. The third kappa shape index (κ3) is 8.08. The molecule has 1 saturated carbocycles. The normalized spacial score (nSPS) is 26.2. The predicted octanol–water partition coefficient (Wildman–Crippen LogP) is 5.09. The van der Waals surface area contributed by atoms with Crippen LogP contribution in [0, 0.1) is 17.8 Å². The first-order valence-electron chi connectivity index (χ1n) is 12.8. The minimum absolute atomic E-state index is 0.104. The van der Waals surface area contributed by atoms with Crippen molar-refractivity contribution >= 4 is 5.91 Å². The van der Waals surface area contributed by atoms with E-state index < -0.39 is 5.60 Å². The standard InChI is InChI=1S/C28H42N2O3/c1-3-4-13-28(2,33)14-7-9-24-25-18-22(17-23(25)19-26(24)31)8-5-6-10-27(32)30-20-21-11-15-29-16-12-21/h7,9,11-12,15-17,23-26,31,33H,3-6,8,10,13-14,18-20H2,1-2H3,(H,30,32)/b9-7+/t23-,24+,25-,26+,28+/m0/s1. The number of aromatic nitrogens is 1. The van der Waals surface area contributed by atoms with Crippen molar-refractivity contribution in [2.45, 2.75) is 96.3 Å². The molecule has 0 unspecified atom stereocenters. The molecule has 2 aliphatic rings. The van der Waals surface area contributed by atoms with Gasteiger partial charge >= 0.3 is 0 Å². The minimum Gasteiger partial charge on any atom is -0.392 e. The van der Waals surface area contributed by atoms with E-state index in [1.807, 2.05) is 19.1 Å². The number of pyridine rings is 1. The SMILES string of the molecule is CCCC[C@@](C)(O)C/C=C/[C@@H]1[C@H]2CC(CCCCC(=O)NCc3ccncc3)=C[C@H]2C[C@H]1O. The summed E-state index contributed by atoms with van der Waals surface area (Å²) in [6.45, 7) is 4.61. The van der Waals surface area contributed by atoms with Crippen LogP contribution in [0.15, 0.2) is 48.3 Å². The highest BCUT2D eigenvalue weighted by atomic mass is 16.3. The number of rotatable bonds is 13. The van der Waals surface area contributed by atoms with E-state index >= 15 is 0 Å². The van der Waals surface area contributed by atoms with Crippen molar-refractivity contribution in [3.63, 3.8) is 0 Å². The molecule has 0 saturated heterocycles. The number of carbonyl (C=O) groups excluding carboxylic acids is 1. The number of aliphatic hydroxyl groups excluding tert-OH is 1. The Morgan fingerprint density at radius 3 is 2.82 bits per heavy atom. The summed E-state index contributed by atoms with van der Waals surface area (Å²) in [5.41, 5.74) is 1.90. The molecule has 0 bridgehead atoms. The first kappa shape index (κ1) is 25.6. The second-order valence-corrected chi connectivity index (χ2v) is 10.3. The molecule has 0 radical (unpaired) electrons. The molecule has 5 nitrogen and oxygen atoms in total. The number of nitrogens with zero attached hydrogens (tertiary/aromatic N) is 1. The van der Waals surface area contributed by atoms with Crippen molar-refractivity contribution in [1.82, 2.24) is 10.3 Å². The number of amides is 1. The zero-order chi connectivity index (χ0) is 23.7. The number of hydrogen-bond acceptors (Lipinski definition) is 4. The lowest BCUT2D eigenvalue weighted by molar-refractivity contribution is -0.121. The molecular formula is C28H42N2O3. The molecule has 5 heteroatoms. The number of nitrogens with one attached hydrogen (secondary N) is 1. The molecule has 5 atom stereocenters. The van der Waals surface area contributed by atoms with Crippen molar-refractivity contribution in [3.05, 3.63) is 53.9 Å². The van der Waals surface area contributed by atoms with E-state index in [1.165, 1.54) is 5.57 Å². The van der Waals surface area contributed by atoms with E-state index in [4.69, 9.17) is 0 Å². The molecule has 2 aliphatic carbocycles. The van der Waals surface area contributed by atoms with Crippen LogP contribution >= 0.6 is 0 Å². The molecule has 0 aromatic carbocycles. The maximum atomic E-state index is 12.1. The van der Waals surface area contributed by atoms with E-state index in [1.54, 1.807) is 12.4 Å². The highest BCUT2D eigenvalue weighted by Gasteiger charge is 2.43. The van der Waals surface area contributed by atoms with E-state index in [2.05, 4.69) is 35.5 Å². The second kappa shape index (κ2) is 12.5. The van der Waals surface area contributed by atoms with Gasteiger partial charge in [0.2, 0.25) is 5.91 Å². The zero-order valence-electron chi connectivity index (χ0n) is 20.4. The molecule has 0 aliphatic heterocycles. The fourth-order valence-corrected chi connectivity index (χ4v) is 5.36. The average Bonchev–Trinajstić information content (AvgIpc) is 3.31. The first-order valence-corrected chi connectivity index (χ1v) is 12.8. The van der Waals surface area contributed by atoms with Crippen molar-refractivity contribution in [3.8, 4) is 0 Å². The Kier molecular flexibility index (Phi) is 9.69. The van der Waals surface area contributed by atoms with Gasteiger partial charge in [0.15, 0.2) is 0 Å². The minimum atomic E-state index is -0.654. The Labute approximate surface area is 199 Å². The highest BCUT2D eigenvalue weighted by molar-refractivity contribution is 5.75. The van der Waals surface area contributed by atoms with Gasteiger partial charge in [-0.15, -0.1) is 0 Å². The lowest BCUT2D eigenvalue weighted by Crippen LogP contribution is -2.23. The first-order chi connectivity index (χ1) is 15.9. The molecule has 1 heterocycles. The summed E-state index contributed by atoms with van der Waals surface area (Å²) in [5, 5.41) is 24.1. The Morgan fingerprint density at radius 2 is 2.06 bits per heavy atom. The Balaban J connectivity index is 1.36. The van der Waals surface area contributed by atoms with Crippen molar-refractivity contribution < 1.29 is 15.0 Å². The number of hydrogen-bond donors (Lipinski definition) is 3. The predicted molar refractivity (Wildman–Crippen MR) is 132 cm³/mol. The molecule has 1 amide bonds. The highest BCUT2D eigenvalue weighted by Crippen LogP contribution is 2.48. The number of carbonyl (C=O) groups is 1. The van der Waals surface area contributed by atoms with Crippen LogP contribution < -0.4 is 5.32 Å². The van der Waals surface area contributed by atoms with Gasteiger partial charge in [0.05, 0.1) is 11.7 Å². The van der Waals surface area contributed by atoms with Crippen molar-refractivity contribution in [2.24, 2.45) is 17.8 Å². The summed E-state index contributed by atoms with van der Waals surface area (Å²) < 4.78 is 0. The smallest absolute Gasteiger partial charge is 0.220 e. The van der Waals surface area contributed by atoms with Gasteiger partial charge in [-0.25, -0.2) is 0 Å². The molecule has 33 heavy (non-hydrogen) atoms. The van der Waals surface area contributed by atoms with Crippen LogP contribution in [0.3, 0.4) is 0 Å². The lowest BCUT2D eigenvalue weighted by Gasteiger charge is -2.22. The third-order valence-corrected chi connectivity index (χ3v) is 7.33. The molecule has 1 aromatic rings. The summed E-state index contributed by atoms with van der Waals surface area (Å²) in [7, 11) is 0. The van der Waals surface area contributed by atoms with Gasteiger partial charge in [0, 0.05) is 31.3 Å². The molecule has 0 spiro atoms. The molecule has 1 fully saturated rings. The largest absolute Gasteiger partial charge is 0.392 e. The Hall–Kier alpha value is -1.98. The molecule has 3 rings (SSSR count). The quantitative estimate of drug-likeness (QED) is 0.286. The van der Waals surface area contributed by atoms with Crippen LogP contribution in [0.1, 0.15) is 83.6 Å². The van der Waals surface area contributed by atoms with Gasteiger partial charge in [-0.05, 0) is 81.4 Å². The van der Waals surface area contributed by atoms with Gasteiger partial charge in [-0.2, -0.15) is 0 Å². The van der Waals surface area contributed by atoms with Crippen LogP contribution in [0.5, 0.6) is 0 Å². The van der Waals surface area contributed by atoms with E-state index in [0.717, 1.165) is 56.9 Å². The lowest BCUT2D eigenvalue weighted by atomic mass is 9.87. The zero-order valence-corrected chi connectivity index (χ0v) is 20.4. The Morgan fingerprint density at radius 1 is 1.27 bits per heavy atom. The fraction of sp³-hybridized carbons (Fsp3) is 0.643. The maximum absolute atomic E-state index is 12.1. The van der Waals surface area contributed by atoms with Crippen LogP contribution in [0.4, 0.5) is 0 Å². The van der Waals surface area contributed by atoms with Crippen LogP contribution in [-0.2, 0) is 11.3 Å². The van der Waals surface area contributed by atoms with Crippen LogP contribution in [0.25, 0.3) is 0 Å². The third-order valence-electron chi connectivity index (χ3n) is 7.33. The molecule has 182 valence electrons.